The molecule has 0 aliphatic heterocycles. The standard InChI is InChI=1S/C31H38ClN3O4S/c1-5-6-16-33-31(37)29(20-25-12-8-7-9-13-25)34(21-26-14-10-11-15-28(26)32)30(36)22-35(40(4,38)39)27-18-23(2)17-24(3)19-27/h7-15,17-19,29H,5-6,16,20-22H2,1-4H3,(H,33,37)/t29-/m0/s1. The van der Waals surface area contributed by atoms with Crippen LogP contribution in [0, 0.1) is 13.8 Å². The fourth-order valence-electron chi connectivity index (χ4n) is 4.58. The molecule has 3 aromatic rings. The third-order valence-corrected chi connectivity index (χ3v) is 8.08. The van der Waals surface area contributed by atoms with Crippen molar-refractivity contribution in [2.75, 3.05) is 23.7 Å². The molecule has 1 atom stereocenters. The molecule has 9 heteroatoms. The van der Waals surface area contributed by atoms with Crippen LogP contribution in [0.5, 0.6) is 0 Å². The first-order valence-electron chi connectivity index (χ1n) is 13.4. The average Bonchev–Trinajstić information content (AvgIpc) is 2.89. The van der Waals surface area contributed by atoms with Gasteiger partial charge in [-0.25, -0.2) is 8.42 Å². The molecule has 1 N–H and O–H groups in total. The van der Waals surface area contributed by atoms with Crippen molar-refractivity contribution in [1.29, 1.82) is 0 Å². The molecular formula is C31H38ClN3O4S. The SMILES string of the molecule is CCCCNC(=O)[C@H](Cc1ccccc1)N(Cc1ccccc1Cl)C(=O)CN(c1cc(C)cc(C)c1)S(C)(=O)=O. The number of carbonyl (C=O) groups is 2. The zero-order valence-corrected chi connectivity index (χ0v) is 25.1. The summed E-state index contributed by atoms with van der Waals surface area (Å²) in [5.74, 6) is -0.800. The molecule has 7 nitrogen and oxygen atoms in total. The number of hydrogen-bond acceptors (Lipinski definition) is 4. The smallest absolute Gasteiger partial charge is 0.244 e. The second kappa shape index (κ2) is 14.3. The number of aryl methyl sites for hydroxylation is 2. The topological polar surface area (TPSA) is 86.8 Å². The highest BCUT2D eigenvalue weighted by Crippen LogP contribution is 2.24. The van der Waals surface area contributed by atoms with Gasteiger partial charge in [0.2, 0.25) is 21.8 Å². The summed E-state index contributed by atoms with van der Waals surface area (Å²) in [6.45, 7) is 5.85. The van der Waals surface area contributed by atoms with E-state index in [9.17, 15) is 18.0 Å². The number of carbonyl (C=O) groups excluding carboxylic acids is 2. The number of sulfonamides is 1. The molecule has 0 unspecified atom stereocenters. The minimum Gasteiger partial charge on any atom is -0.354 e. The van der Waals surface area contributed by atoms with Crippen molar-refractivity contribution >= 4 is 39.1 Å². The molecule has 0 aliphatic rings. The largest absolute Gasteiger partial charge is 0.354 e. The molecule has 0 aromatic heterocycles. The Morgan fingerprint density at radius 1 is 0.950 bits per heavy atom. The molecule has 0 saturated carbocycles. The Balaban J connectivity index is 2.06. The Labute approximate surface area is 243 Å². The number of rotatable bonds is 13. The number of halogens is 1. The lowest BCUT2D eigenvalue weighted by Gasteiger charge is -2.33. The summed E-state index contributed by atoms with van der Waals surface area (Å²) in [7, 11) is -3.82. The zero-order chi connectivity index (χ0) is 29.3. The van der Waals surface area contributed by atoms with Gasteiger partial charge in [-0.2, -0.15) is 0 Å². The van der Waals surface area contributed by atoms with E-state index >= 15 is 0 Å². The Kier molecular flexibility index (Phi) is 11.2. The molecular weight excluding hydrogens is 546 g/mol. The van der Waals surface area contributed by atoms with Crippen LogP contribution in [0.1, 0.15) is 42.0 Å². The van der Waals surface area contributed by atoms with E-state index in [4.69, 9.17) is 11.6 Å². The van der Waals surface area contributed by atoms with Gasteiger partial charge in [0.05, 0.1) is 11.9 Å². The summed E-state index contributed by atoms with van der Waals surface area (Å²) in [5.41, 5.74) is 3.69. The van der Waals surface area contributed by atoms with Crippen LogP contribution in [-0.4, -0.2) is 50.5 Å². The summed E-state index contributed by atoms with van der Waals surface area (Å²) in [5, 5.41) is 3.43. The molecule has 0 spiro atoms. The predicted octanol–water partition coefficient (Wildman–Crippen LogP) is 5.28. The Morgan fingerprint density at radius 3 is 2.17 bits per heavy atom. The fraction of sp³-hybridized carbons (Fsp3) is 0.355. The van der Waals surface area contributed by atoms with Crippen LogP contribution in [0.25, 0.3) is 0 Å². The molecule has 0 heterocycles. The summed E-state index contributed by atoms with van der Waals surface area (Å²) in [6, 6.07) is 21.1. The van der Waals surface area contributed by atoms with Crippen molar-refractivity contribution in [3.05, 3.63) is 100 Å². The maximum absolute atomic E-state index is 14.1. The number of anilines is 1. The highest BCUT2D eigenvalue weighted by molar-refractivity contribution is 7.92. The van der Waals surface area contributed by atoms with E-state index < -0.39 is 28.5 Å². The van der Waals surface area contributed by atoms with Crippen LogP contribution in [-0.2, 0) is 32.6 Å². The third kappa shape index (κ3) is 8.83. The minimum atomic E-state index is -3.82. The maximum Gasteiger partial charge on any atom is 0.244 e. The van der Waals surface area contributed by atoms with Gasteiger partial charge in [0.1, 0.15) is 12.6 Å². The van der Waals surface area contributed by atoms with Gasteiger partial charge in [0.15, 0.2) is 0 Å². The highest BCUT2D eigenvalue weighted by Gasteiger charge is 2.33. The molecule has 0 aliphatic carbocycles. The summed E-state index contributed by atoms with van der Waals surface area (Å²) < 4.78 is 27.0. The Morgan fingerprint density at radius 2 is 1.57 bits per heavy atom. The minimum absolute atomic E-state index is 0.0433. The van der Waals surface area contributed by atoms with E-state index in [2.05, 4.69) is 5.32 Å². The van der Waals surface area contributed by atoms with Gasteiger partial charge in [0, 0.05) is 24.5 Å². The molecule has 0 radical (unpaired) electrons. The van der Waals surface area contributed by atoms with E-state index in [1.165, 1.54) is 4.90 Å². The molecule has 0 fully saturated rings. The first-order valence-corrected chi connectivity index (χ1v) is 15.6. The first kappa shape index (κ1) is 31.2. The summed E-state index contributed by atoms with van der Waals surface area (Å²) in [4.78, 5) is 29.2. The quantitative estimate of drug-likeness (QED) is 0.277. The molecule has 3 rings (SSSR count). The molecule has 0 bridgehead atoms. The van der Waals surface area contributed by atoms with Crippen molar-refractivity contribution in [2.24, 2.45) is 0 Å². The van der Waals surface area contributed by atoms with Gasteiger partial charge in [-0.15, -0.1) is 0 Å². The number of unbranched alkanes of at least 4 members (excludes halogenated alkanes) is 1. The molecule has 2 amide bonds. The third-order valence-electron chi connectivity index (χ3n) is 6.57. The van der Waals surface area contributed by atoms with Gasteiger partial charge in [0.25, 0.3) is 0 Å². The second-order valence-corrected chi connectivity index (χ2v) is 12.4. The van der Waals surface area contributed by atoms with Crippen LogP contribution in [0.15, 0.2) is 72.8 Å². The van der Waals surface area contributed by atoms with Crippen LogP contribution in [0.4, 0.5) is 5.69 Å². The van der Waals surface area contributed by atoms with E-state index in [1.54, 1.807) is 30.3 Å². The van der Waals surface area contributed by atoms with Crippen LogP contribution < -0.4 is 9.62 Å². The van der Waals surface area contributed by atoms with Gasteiger partial charge in [-0.05, 0) is 60.7 Å². The molecule has 0 saturated heterocycles. The van der Waals surface area contributed by atoms with Crippen molar-refractivity contribution in [3.63, 3.8) is 0 Å². The normalized spacial score (nSPS) is 12.0. The van der Waals surface area contributed by atoms with Crippen LogP contribution in [0.2, 0.25) is 5.02 Å². The number of hydrogen-bond donors (Lipinski definition) is 1. The van der Waals surface area contributed by atoms with Crippen LogP contribution in [0.3, 0.4) is 0 Å². The fourth-order valence-corrected chi connectivity index (χ4v) is 5.61. The van der Waals surface area contributed by atoms with Crippen molar-refractivity contribution < 1.29 is 18.0 Å². The van der Waals surface area contributed by atoms with Crippen molar-refractivity contribution in [1.82, 2.24) is 10.2 Å². The van der Waals surface area contributed by atoms with Crippen LogP contribution >= 0.6 is 11.6 Å². The average molecular weight is 584 g/mol. The lowest BCUT2D eigenvalue weighted by atomic mass is 10.0. The maximum atomic E-state index is 14.1. The predicted molar refractivity (Wildman–Crippen MR) is 162 cm³/mol. The zero-order valence-electron chi connectivity index (χ0n) is 23.6. The lowest BCUT2D eigenvalue weighted by molar-refractivity contribution is -0.140. The van der Waals surface area contributed by atoms with E-state index in [-0.39, 0.29) is 18.9 Å². The number of amides is 2. The molecule has 40 heavy (non-hydrogen) atoms. The van der Waals surface area contributed by atoms with E-state index in [0.29, 0.717) is 22.8 Å². The molecule has 3 aromatic carbocycles. The van der Waals surface area contributed by atoms with Gasteiger partial charge >= 0.3 is 0 Å². The number of nitrogens with one attached hydrogen (secondary N) is 1. The number of nitrogens with zero attached hydrogens (tertiary/aromatic N) is 2. The van der Waals surface area contributed by atoms with E-state index in [0.717, 1.165) is 40.1 Å². The molecule has 214 valence electrons. The second-order valence-electron chi connectivity index (χ2n) is 10.1. The Hall–Kier alpha value is -3.36. The van der Waals surface area contributed by atoms with Gasteiger partial charge in [-0.1, -0.05) is 79.5 Å². The van der Waals surface area contributed by atoms with Gasteiger partial charge in [-0.3, -0.25) is 13.9 Å². The first-order chi connectivity index (χ1) is 19.0. The van der Waals surface area contributed by atoms with Crippen molar-refractivity contribution in [3.8, 4) is 0 Å². The summed E-state index contributed by atoms with van der Waals surface area (Å²) in [6.07, 6.45) is 3.05. The van der Waals surface area contributed by atoms with E-state index in [1.807, 2.05) is 63.2 Å². The van der Waals surface area contributed by atoms with Gasteiger partial charge < -0.3 is 10.2 Å². The Bertz CT molecular complexity index is 1390. The highest BCUT2D eigenvalue weighted by atomic mass is 35.5. The van der Waals surface area contributed by atoms with Crippen molar-refractivity contribution in [2.45, 2.75) is 52.6 Å². The summed E-state index contributed by atoms with van der Waals surface area (Å²) >= 11 is 6.48. The lowest BCUT2D eigenvalue weighted by Crippen LogP contribution is -2.53. The number of benzene rings is 3. The monoisotopic (exact) mass is 583 g/mol.